The molecule has 0 unspecified atom stereocenters. The Bertz CT molecular complexity index is 903. The van der Waals surface area contributed by atoms with Gasteiger partial charge in [0.25, 0.3) is 0 Å². The number of benzene rings is 1. The number of hydrogen-bond donors (Lipinski definition) is 0. The Morgan fingerprint density at radius 2 is 1.66 bits per heavy atom. The van der Waals surface area contributed by atoms with Crippen molar-refractivity contribution in [2.24, 2.45) is 0 Å². The van der Waals surface area contributed by atoms with Crippen molar-refractivity contribution in [1.82, 2.24) is 5.16 Å². The first kappa shape index (κ1) is 20.3. The van der Waals surface area contributed by atoms with Crippen LogP contribution in [0.3, 0.4) is 0 Å². The van der Waals surface area contributed by atoms with E-state index in [1.54, 1.807) is 30.3 Å². The van der Waals surface area contributed by atoms with Crippen LogP contribution in [0.1, 0.15) is 36.8 Å². The SMILES string of the molecule is CCOc1cc(C(=O)OCc2cc(-c3ccco3)on2)cc(OCC)c1OCC. The number of nitrogens with zero attached hydrogens (tertiary/aromatic N) is 1. The number of hydrogen-bond acceptors (Lipinski definition) is 8. The zero-order valence-electron chi connectivity index (χ0n) is 16.6. The second-order valence-electron chi connectivity index (χ2n) is 5.84. The van der Waals surface area contributed by atoms with Gasteiger partial charge in [-0.1, -0.05) is 5.16 Å². The lowest BCUT2D eigenvalue weighted by Gasteiger charge is -2.16. The van der Waals surface area contributed by atoms with Gasteiger partial charge in [-0.25, -0.2) is 4.79 Å². The minimum atomic E-state index is -0.544. The number of furan rings is 1. The molecule has 0 saturated carbocycles. The van der Waals surface area contributed by atoms with Gasteiger partial charge < -0.3 is 27.9 Å². The van der Waals surface area contributed by atoms with E-state index in [0.29, 0.717) is 54.3 Å². The number of aromatic nitrogens is 1. The summed E-state index contributed by atoms with van der Waals surface area (Å²) in [5.41, 5.74) is 0.751. The van der Waals surface area contributed by atoms with E-state index >= 15 is 0 Å². The van der Waals surface area contributed by atoms with Crippen molar-refractivity contribution in [2.75, 3.05) is 19.8 Å². The highest BCUT2D eigenvalue weighted by molar-refractivity contribution is 5.91. The number of esters is 1. The summed E-state index contributed by atoms with van der Waals surface area (Å²) in [5, 5.41) is 3.89. The Morgan fingerprint density at radius 1 is 0.966 bits per heavy atom. The van der Waals surface area contributed by atoms with Crippen LogP contribution in [-0.4, -0.2) is 30.9 Å². The first-order chi connectivity index (χ1) is 14.2. The van der Waals surface area contributed by atoms with Crippen LogP contribution in [0.4, 0.5) is 0 Å². The van der Waals surface area contributed by atoms with Gasteiger partial charge in [0, 0.05) is 6.07 Å². The molecule has 0 radical (unpaired) electrons. The molecule has 2 heterocycles. The van der Waals surface area contributed by atoms with E-state index in [0.717, 1.165) is 0 Å². The van der Waals surface area contributed by atoms with Crippen molar-refractivity contribution in [3.05, 3.63) is 47.9 Å². The molecule has 0 bridgehead atoms. The molecule has 0 aliphatic heterocycles. The summed E-state index contributed by atoms with van der Waals surface area (Å²) in [6.45, 7) is 6.78. The van der Waals surface area contributed by atoms with Crippen molar-refractivity contribution >= 4 is 5.97 Å². The number of ether oxygens (including phenoxy) is 4. The molecule has 29 heavy (non-hydrogen) atoms. The maximum absolute atomic E-state index is 12.6. The lowest BCUT2D eigenvalue weighted by atomic mass is 10.2. The maximum atomic E-state index is 12.6. The Labute approximate surface area is 168 Å². The molecule has 3 aromatic rings. The molecule has 0 atom stereocenters. The van der Waals surface area contributed by atoms with E-state index in [4.69, 9.17) is 27.9 Å². The largest absolute Gasteiger partial charge is 0.490 e. The summed E-state index contributed by atoms with van der Waals surface area (Å²) in [5.74, 6) is 1.77. The van der Waals surface area contributed by atoms with Gasteiger partial charge in [-0.15, -0.1) is 0 Å². The topological polar surface area (TPSA) is 93.2 Å². The van der Waals surface area contributed by atoms with Crippen LogP contribution >= 0.6 is 0 Å². The highest BCUT2D eigenvalue weighted by atomic mass is 16.5. The minimum Gasteiger partial charge on any atom is -0.490 e. The lowest BCUT2D eigenvalue weighted by Crippen LogP contribution is -2.09. The second-order valence-corrected chi connectivity index (χ2v) is 5.84. The predicted molar refractivity (Wildman–Crippen MR) is 103 cm³/mol. The lowest BCUT2D eigenvalue weighted by molar-refractivity contribution is 0.0463. The monoisotopic (exact) mass is 401 g/mol. The molecule has 0 spiro atoms. The number of carbonyl (C=O) groups excluding carboxylic acids is 1. The van der Waals surface area contributed by atoms with E-state index in [9.17, 15) is 4.79 Å². The molecule has 0 N–H and O–H groups in total. The molecule has 0 aliphatic rings. The molecule has 0 aliphatic carbocycles. The molecule has 3 rings (SSSR count). The molecule has 1 aromatic carbocycles. The Kier molecular flexibility index (Phi) is 6.78. The van der Waals surface area contributed by atoms with Crippen LogP contribution in [0.15, 0.2) is 45.5 Å². The summed E-state index contributed by atoms with van der Waals surface area (Å²) < 4.78 is 32.7. The zero-order valence-corrected chi connectivity index (χ0v) is 16.6. The van der Waals surface area contributed by atoms with Gasteiger partial charge in [-0.05, 0) is 45.0 Å². The third kappa shape index (κ3) is 4.90. The number of rotatable bonds is 10. The molecular formula is C21H23NO7. The zero-order chi connectivity index (χ0) is 20.6. The maximum Gasteiger partial charge on any atom is 0.338 e. The normalized spacial score (nSPS) is 10.6. The van der Waals surface area contributed by atoms with Gasteiger partial charge in [0.05, 0.1) is 31.6 Å². The van der Waals surface area contributed by atoms with Crippen LogP contribution in [-0.2, 0) is 11.3 Å². The quantitative estimate of drug-likeness (QED) is 0.459. The third-order valence-corrected chi connectivity index (χ3v) is 3.82. The molecule has 0 amide bonds. The molecule has 0 fully saturated rings. The summed E-state index contributed by atoms with van der Waals surface area (Å²) >= 11 is 0. The predicted octanol–water partition coefficient (Wildman–Crippen LogP) is 4.49. The second kappa shape index (κ2) is 9.68. The smallest absolute Gasteiger partial charge is 0.338 e. The average Bonchev–Trinajstić information content (AvgIpc) is 3.40. The highest BCUT2D eigenvalue weighted by Gasteiger charge is 2.20. The molecule has 8 nitrogen and oxygen atoms in total. The van der Waals surface area contributed by atoms with E-state index in [1.165, 1.54) is 6.26 Å². The standard InChI is InChI=1S/C21H23NO7/c1-4-24-18-10-14(11-19(25-5-2)20(18)26-6-3)21(23)28-13-15-12-17(29-22-15)16-8-7-9-27-16/h7-12H,4-6,13H2,1-3H3. The van der Waals surface area contributed by atoms with Crippen LogP contribution < -0.4 is 14.2 Å². The van der Waals surface area contributed by atoms with Crippen molar-refractivity contribution in [3.63, 3.8) is 0 Å². The number of carbonyl (C=O) groups is 1. The summed E-state index contributed by atoms with van der Waals surface area (Å²) in [6, 6.07) is 8.31. The molecule has 0 saturated heterocycles. The van der Waals surface area contributed by atoms with Crippen LogP contribution in [0.25, 0.3) is 11.5 Å². The summed E-state index contributed by atoms with van der Waals surface area (Å²) in [7, 11) is 0. The molecule has 2 aromatic heterocycles. The first-order valence-electron chi connectivity index (χ1n) is 9.39. The fraction of sp³-hybridized carbons (Fsp3) is 0.333. The van der Waals surface area contributed by atoms with Crippen molar-refractivity contribution in [1.29, 1.82) is 0 Å². The molecule has 154 valence electrons. The van der Waals surface area contributed by atoms with Gasteiger partial charge in [0.15, 0.2) is 17.3 Å². The minimum absolute atomic E-state index is 0.0514. The average molecular weight is 401 g/mol. The van der Waals surface area contributed by atoms with Crippen LogP contribution in [0.5, 0.6) is 17.2 Å². The third-order valence-electron chi connectivity index (χ3n) is 3.82. The molecular weight excluding hydrogens is 378 g/mol. The Morgan fingerprint density at radius 3 is 2.24 bits per heavy atom. The Hall–Kier alpha value is -3.42. The van der Waals surface area contributed by atoms with Crippen molar-refractivity contribution in [3.8, 4) is 28.8 Å². The van der Waals surface area contributed by atoms with E-state index in [1.807, 2.05) is 20.8 Å². The summed E-state index contributed by atoms with van der Waals surface area (Å²) in [4.78, 5) is 12.6. The van der Waals surface area contributed by atoms with Crippen molar-refractivity contribution in [2.45, 2.75) is 27.4 Å². The highest BCUT2D eigenvalue weighted by Crippen LogP contribution is 2.39. The first-order valence-corrected chi connectivity index (χ1v) is 9.39. The van der Waals surface area contributed by atoms with Gasteiger partial charge in [-0.2, -0.15) is 0 Å². The van der Waals surface area contributed by atoms with Crippen LogP contribution in [0, 0.1) is 0 Å². The van der Waals surface area contributed by atoms with Gasteiger partial charge >= 0.3 is 5.97 Å². The molecule has 8 heteroatoms. The summed E-state index contributed by atoms with van der Waals surface area (Å²) in [6.07, 6.45) is 1.54. The fourth-order valence-corrected chi connectivity index (χ4v) is 2.64. The van der Waals surface area contributed by atoms with Gasteiger partial charge in [0.2, 0.25) is 11.5 Å². The van der Waals surface area contributed by atoms with Crippen LogP contribution in [0.2, 0.25) is 0 Å². The van der Waals surface area contributed by atoms with Gasteiger partial charge in [-0.3, -0.25) is 0 Å². The van der Waals surface area contributed by atoms with E-state index < -0.39 is 5.97 Å². The fourth-order valence-electron chi connectivity index (χ4n) is 2.64. The van der Waals surface area contributed by atoms with E-state index in [2.05, 4.69) is 5.16 Å². The van der Waals surface area contributed by atoms with E-state index in [-0.39, 0.29) is 12.2 Å². The van der Waals surface area contributed by atoms with Crippen molar-refractivity contribution < 1.29 is 32.7 Å². The Balaban J connectivity index is 1.75. The van der Waals surface area contributed by atoms with Gasteiger partial charge in [0.1, 0.15) is 12.3 Å².